The lowest BCUT2D eigenvalue weighted by Crippen LogP contribution is -2.16. The normalized spacial score (nSPS) is 10.7. The molecule has 26 heavy (non-hydrogen) atoms. The number of carbonyl (C=O) groups is 2. The van der Waals surface area contributed by atoms with Gasteiger partial charge in [-0.25, -0.2) is 14.5 Å². The molecule has 2 heterocycles. The van der Waals surface area contributed by atoms with Crippen molar-refractivity contribution in [1.29, 1.82) is 0 Å². The topological polar surface area (TPSA) is 115 Å². The van der Waals surface area contributed by atoms with Gasteiger partial charge in [0.2, 0.25) is 11.9 Å². The Morgan fingerprint density at radius 3 is 2.69 bits per heavy atom. The fraction of sp³-hybridized carbons (Fsp3) is 0.235. The molecule has 134 valence electrons. The maximum atomic E-state index is 12.0. The fourth-order valence-electron chi connectivity index (χ4n) is 2.39. The summed E-state index contributed by atoms with van der Waals surface area (Å²) >= 11 is 0. The first-order chi connectivity index (χ1) is 12.5. The number of benzene rings is 1. The number of aromatic carboxylic acids is 1. The number of nitrogens with zero attached hydrogens (tertiary/aromatic N) is 5. The van der Waals surface area contributed by atoms with Crippen LogP contribution in [0, 0.1) is 6.92 Å². The highest BCUT2D eigenvalue weighted by Crippen LogP contribution is 2.09. The van der Waals surface area contributed by atoms with E-state index in [0.717, 1.165) is 11.1 Å². The predicted molar refractivity (Wildman–Crippen MR) is 92.7 cm³/mol. The smallest absolute Gasteiger partial charge is 0.356 e. The molecule has 0 spiro atoms. The molecule has 1 aromatic carbocycles. The number of aryl methyl sites for hydroxylation is 2. The maximum Gasteiger partial charge on any atom is 0.356 e. The van der Waals surface area contributed by atoms with Gasteiger partial charge >= 0.3 is 5.97 Å². The molecule has 0 aliphatic rings. The molecule has 1 amide bonds. The quantitative estimate of drug-likeness (QED) is 0.665. The lowest BCUT2D eigenvalue weighted by molar-refractivity contribution is -0.116. The first kappa shape index (κ1) is 17.3. The fourth-order valence-corrected chi connectivity index (χ4v) is 2.39. The predicted octanol–water partition coefficient (Wildman–Crippen LogP) is 1.56. The van der Waals surface area contributed by atoms with E-state index in [1.807, 2.05) is 31.2 Å². The van der Waals surface area contributed by atoms with Crippen molar-refractivity contribution in [1.82, 2.24) is 24.5 Å². The number of amides is 1. The van der Waals surface area contributed by atoms with Gasteiger partial charge in [-0.2, -0.15) is 5.10 Å². The Hall–Kier alpha value is -3.49. The van der Waals surface area contributed by atoms with Crippen molar-refractivity contribution in [3.63, 3.8) is 0 Å². The van der Waals surface area contributed by atoms with Crippen LogP contribution in [0.3, 0.4) is 0 Å². The second-order valence-electron chi connectivity index (χ2n) is 5.76. The van der Waals surface area contributed by atoms with Gasteiger partial charge in [-0.05, 0) is 24.1 Å². The van der Waals surface area contributed by atoms with Gasteiger partial charge in [0, 0.05) is 19.2 Å². The van der Waals surface area contributed by atoms with E-state index in [1.54, 1.807) is 11.0 Å². The summed E-state index contributed by atoms with van der Waals surface area (Å²) in [4.78, 5) is 26.8. The third-order valence-corrected chi connectivity index (χ3v) is 3.81. The van der Waals surface area contributed by atoms with Gasteiger partial charge in [0.15, 0.2) is 5.69 Å². The van der Waals surface area contributed by atoms with Crippen LogP contribution in [0.15, 0.2) is 42.9 Å². The van der Waals surface area contributed by atoms with Crippen LogP contribution in [0.25, 0.3) is 0 Å². The third-order valence-electron chi connectivity index (χ3n) is 3.81. The van der Waals surface area contributed by atoms with Crippen LogP contribution in [-0.4, -0.2) is 41.5 Å². The Kier molecular flexibility index (Phi) is 5.07. The molecule has 0 bridgehead atoms. The Labute approximate surface area is 149 Å². The highest BCUT2D eigenvalue weighted by Gasteiger charge is 2.10. The minimum atomic E-state index is -1.10. The van der Waals surface area contributed by atoms with Crippen molar-refractivity contribution in [2.24, 2.45) is 0 Å². The largest absolute Gasteiger partial charge is 0.476 e. The van der Waals surface area contributed by atoms with Gasteiger partial charge in [-0.15, -0.1) is 5.10 Å². The van der Waals surface area contributed by atoms with Crippen molar-refractivity contribution in [3.8, 4) is 0 Å². The maximum absolute atomic E-state index is 12.0. The summed E-state index contributed by atoms with van der Waals surface area (Å²) in [5.41, 5.74) is 2.23. The number of carboxylic acids is 1. The van der Waals surface area contributed by atoms with E-state index in [4.69, 9.17) is 5.11 Å². The third kappa shape index (κ3) is 4.32. The molecule has 0 fully saturated rings. The van der Waals surface area contributed by atoms with E-state index >= 15 is 0 Å². The Balaban J connectivity index is 1.52. The van der Waals surface area contributed by atoms with Crippen LogP contribution in [0.2, 0.25) is 0 Å². The van der Waals surface area contributed by atoms with E-state index in [2.05, 4.69) is 20.5 Å². The van der Waals surface area contributed by atoms with E-state index in [0.29, 0.717) is 6.54 Å². The summed E-state index contributed by atoms with van der Waals surface area (Å²) in [6.45, 7) is 2.86. The number of hydrogen-bond donors (Lipinski definition) is 2. The lowest BCUT2D eigenvalue weighted by atomic mass is 10.1. The van der Waals surface area contributed by atoms with Crippen molar-refractivity contribution in [3.05, 3.63) is 59.7 Å². The van der Waals surface area contributed by atoms with Gasteiger partial charge in [0.1, 0.15) is 6.33 Å². The van der Waals surface area contributed by atoms with Gasteiger partial charge in [0.25, 0.3) is 0 Å². The molecular weight excluding hydrogens is 336 g/mol. The molecule has 0 saturated heterocycles. The summed E-state index contributed by atoms with van der Waals surface area (Å²) in [6.07, 6.45) is 3.22. The zero-order valence-corrected chi connectivity index (χ0v) is 14.2. The van der Waals surface area contributed by atoms with Gasteiger partial charge in [0.05, 0.1) is 6.54 Å². The molecule has 0 radical (unpaired) electrons. The van der Waals surface area contributed by atoms with Crippen molar-refractivity contribution >= 4 is 17.8 Å². The van der Waals surface area contributed by atoms with Gasteiger partial charge < -0.3 is 5.11 Å². The summed E-state index contributed by atoms with van der Waals surface area (Å²) in [5.74, 6) is -1.14. The number of aromatic nitrogens is 5. The zero-order chi connectivity index (χ0) is 18.5. The molecule has 0 unspecified atom stereocenters. The van der Waals surface area contributed by atoms with E-state index in [9.17, 15) is 9.59 Å². The molecule has 2 N–H and O–H groups in total. The molecule has 9 nitrogen and oxygen atoms in total. The molecule has 0 atom stereocenters. The van der Waals surface area contributed by atoms with Crippen LogP contribution in [0.1, 0.15) is 28.0 Å². The monoisotopic (exact) mass is 354 g/mol. The highest BCUT2D eigenvalue weighted by atomic mass is 16.4. The second-order valence-corrected chi connectivity index (χ2v) is 5.76. The first-order valence-corrected chi connectivity index (χ1v) is 8.02. The Morgan fingerprint density at radius 2 is 1.96 bits per heavy atom. The molecule has 3 aromatic rings. The SMILES string of the molecule is Cc1ccccc1Cn1cnc(NC(=O)CCn2ccc(C(=O)O)n2)n1. The van der Waals surface area contributed by atoms with E-state index in [-0.39, 0.29) is 30.5 Å². The summed E-state index contributed by atoms with van der Waals surface area (Å²) in [6, 6.07) is 9.37. The number of carbonyl (C=O) groups excluding carboxylic acids is 1. The van der Waals surface area contributed by atoms with E-state index < -0.39 is 5.97 Å². The number of anilines is 1. The minimum Gasteiger partial charge on any atom is -0.476 e. The van der Waals surface area contributed by atoms with Crippen LogP contribution in [-0.2, 0) is 17.9 Å². The van der Waals surface area contributed by atoms with Crippen LogP contribution in [0.4, 0.5) is 5.95 Å². The summed E-state index contributed by atoms with van der Waals surface area (Å²) in [5, 5.41) is 19.5. The number of hydrogen-bond acceptors (Lipinski definition) is 5. The first-order valence-electron chi connectivity index (χ1n) is 8.02. The van der Waals surface area contributed by atoms with Crippen LogP contribution in [0.5, 0.6) is 0 Å². The van der Waals surface area contributed by atoms with Gasteiger partial charge in [-0.3, -0.25) is 14.8 Å². The van der Waals surface area contributed by atoms with Crippen molar-refractivity contribution in [2.75, 3.05) is 5.32 Å². The lowest BCUT2D eigenvalue weighted by Gasteiger charge is -2.04. The zero-order valence-electron chi connectivity index (χ0n) is 14.2. The molecule has 0 aliphatic carbocycles. The Morgan fingerprint density at radius 1 is 1.15 bits per heavy atom. The average molecular weight is 354 g/mol. The molecule has 0 saturated carbocycles. The number of nitrogens with one attached hydrogen (secondary N) is 1. The number of carboxylic acid groups (broad SMARTS) is 1. The molecule has 2 aromatic heterocycles. The molecule has 9 heteroatoms. The minimum absolute atomic E-state index is 0.0537. The van der Waals surface area contributed by atoms with Crippen LogP contribution >= 0.6 is 0 Å². The molecule has 0 aliphatic heterocycles. The van der Waals surface area contributed by atoms with Crippen LogP contribution < -0.4 is 5.32 Å². The average Bonchev–Trinajstić information content (AvgIpc) is 3.25. The molecular formula is C17H18N6O3. The van der Waals surface area contributed by atoms with Crippen molar-refractivity contribution in [2.45, 2.75) is 26.4 Å². The second kappa shape index (κ2) is 7.60. The van der Waals surface area contributed by atoms with Gasteiger partial charge in [-0.1, -0.05) is 24.3 Å². The summed E-state index contributed by atoms with van der Waals surface area (Å²) in [7, 11) is 0. The standard InChI is InChI=1S/C17H18N6O3/c1-12-4-2-3-5-13(12)10-23-11-18-17(21-23)19-15(24)7-9-22-8-6-14(20-22)16(25)26/h2-6,8,11H,7,9-10H2,1H3,(H,25,26)(H,19,21,24). The Bertz CT molecular complexity index is 930. The summed E-state index contributed by atoms with van der Waals surface area (Å²) < 4.78 is 3.07. The number of rotatable bonds is 7. The van der Waals surface area contributed by atoms with E-state index in [1.165, 1.54) is 16.9 Å². The highest BCUT2D eigenvalue weighted by molar-refractivity contribution is 5.88. The van der Waals surface area contributed by atoms with Crippen molar-refractivity contribution < 1.29 is 14.7 Å². The molecule has 3 rings (SSSR count).